The predicted octanol–water partition coefficient (Wildman–Crippen LogP) is 1.80. The van der Waals surface area contributed by atoms with Crippen LogP contribution in [0.1, 0.15) is 11.7 Å². The third-order valence-electron chi connectivity index (χ3n) is 3.33. The van der Waals surface area contributed by atoms with Crippen LogP contribution in [0.5, 0.6) is 0 Å². The van der Waals surface area contributed by atoms with Crippen molar-refractivity contribution in [3.63, 3.8) is 0 Å². The van der Waals surface area contributed by atoms with Crippen LogP contribution in [0.2, 0.25) is 0 Å². The zero-order valence-electron chi connectivity index (χ0n) is 11.3. The Labute approximate surface area is 123 Å². The molecule has 0 bridgehead atoms. The lowest BCUT2D eigenvalue weighted by Gasteiger charge is -2.14. The number of pyridine rings is 1. The van der Waals surface area contributed by atoms with Crippen molar-refractivity contribution < 1.29 is 13.9 Å². The van der Waals surface area contributed by atoms with Gasteiger partial charge in [0.2, 0.25) is 0 Å². The minimum absolute atomic E-state index is 0.304. The van der Waals surface area contributed by atoms with Crippen molar-refractivity contribution in [2.45, 2.75) is 12.6 Å². The molecule has 0 aliphatic carbocycles. The molecule has 3 rings (SSSR count). The number of rotatable bonds is 3. The third-order valence-corrected chi connectivity index (χ3v) is 3.33. The molecule has 0 aliphatic rings. The van der Waals surface area contributed by atoms with Crippen molar-refractivity contribution in [3.05, 3.63) is 70.5 Å². The summed E-state index contributed by atoms with van der Waals surface area (Å²) < 4.78 is 28.4. The Hall–Kier alpha value is -2.67. The Morgan fingerprint density at radius 1 is 1.23 bits per heavy atom. The first-order valence-electron chi connectivity index (χ1n) is 6.49. The molecule has 0 spiro atoms. The van der Waals surface area contributed by atoms with Crippen LogP contribution in [0, 0.1) is 11.6 Å². The van der Waals surface area contributed by atoms with Gasteiger partial charge >= 0.3 is 0 Å². The molecule has 0 aliphatic heterocycles. The summed E-state index contributed by atoms with van der Waals surface area (Å²) in [5.41, 5.74) is -0.470. The normalized spacial score (nSPS) is 12.5. The standard InChI is InChI=1S/C15H11F2N3O2/c16-10-2-1-3-11(17)14(10)13(21)7-20-8-19-12-6-18-5-4-9(12)15(20)22/h1-6,8,13,21H,7H2/t13-/m0/s1. The highest BCUT2D eigenvalue weighted by Crippen LogP contribution is 2.21. The van der Waals surface area contributed by atoms with Crippen molar-refractivity contribution in [2.75, 3.05) is 0 Å². The second kappa shape index (κ2) is 5.61. The van der Waals surface area contributed by atoms with Gasteiger partial charge in [-0.15, -0.1) is 0 Å². The molecule has 1 N–H and O–H groups in total. The Morgan fingerprint density at radius 2 is 1.95 bits per heavy atom. The van der Waals surface area contributed by atoms with Crippen molar-refractivity contribution in [3.8, 4) is 0 Å². The number of hydrogen-bond donors (Lipinski definition) is 1. The number of benzene rings is 1. The maximum Gasteiger partial charge on any atom is 0.261 e. The van der Waals surface area contributed by atoms with Crippen LogP contribution in [0.15, 0.2) is 47.8 Å². The first-order chi connectivity index (χ1) is 10.6. The molecule has 0 fully saturated rings. The monoisotopic (exact) mass is 303 g/mol. The number of fused-ring (bicyclic) bond motifs is 1. The van der Waals surface area contributed by atoms with Crippen LogP contribution in [-0.2, 0) is 6.54 Å². The zero-order valence-corrected chi connectivity index (χ0v) is 11.3. The Kier molecular flexibility index (Phi) is 3.64. The smallest absolute Gasteiger partial charge is 0.261 e. The summed E-state index contributed by atoms with van der Waals surface area (Å²) in [7, 11) is 0. The molecule has 3 aromatic rings. The van der Waals surface area contributed by atoms with Crippen LogP contribution >= 0.6 is 0 Å². The van der Waals surface area contributed by atoms with Gasteiger partial charge in [0.25, 0.3) is 5.56 Å². The molecule has 0 radical (unpaired) electrons. The van der Waals surface area contributed by atoms with Crippen LogP contribution < -0.4 is 5.56 Å². The number of aliphatic hydroxyl groups is 1. The number of halogens is 2. The van der Waals surface area contributed by atoms with Crippen LogP contribution in [-0.4, -0.2) is 19.6 Å². The predicted molar refractivity (Wildman–Crippen MR) is 75.1 cm³/mol. The molecular formula is C15H11F2N3O2. The minimum Gasteiger partial charge on any atom is -0.386 e. The van der Waals surface area contributed by atoms with Crippen LogP contribution in [0.3, 0.4) is 0 Å². The molecule has 22 heavy (non-hydrogen) atoms. The second-order valence-corrected chi connectivity index (χ2v) is 4.75. The minimum atomic E-state index is -1.50. The van der Waals surface area contributed by atoms with E-state index in [1.54, 1.807) is 0 Å². The highest BCUT2D eigenvalue weighted by Gasteiger charge is 2.19. The molecule has 0 unspecified atom stereocenters. The van der Waals surface area contributed by atoms with Gasteiger partial charge in [-0.3, -0.25) is 14.3 Å². The molecule has 5 nitrogen and oxygen atoms in total. The fourth-order valence-corrected chi connectivity index (χ4v) is 2.25. The van der Waals surface area contributed by atoms with Gasteiger partial charge in [0.1, 0.15) is 17.7 Å². The van der Waals surface area contributed by atoms with E-state index in [1.807, 2.05) is 0 Å². The van der Waals surface area contributed by atoms with E-state index in [-0.39, 0.29) is 6.54 Å². The summed E-state index contributed by atoms with van der Waals surface area (Å²) in [6, 6.07) is 4.80. The van der Waals surface area contributed by atoms with Crippen LogP contribution in [0.4, 0.5) is 8.78 Å². The first kappa shape index (κ1) is 14.3. The van der Waals surface area contributed by atoms with E-state index in [0.29, 0.717) is 10.9 Å². The average molecular weight is 303 g/mol. The number of hydrogen-bond acceptors (Lipinski definition) is 4. The Morgan fingerprint density at radius 3 is 2.68 bits per heavy atom. The summed E-state index contributed by atoms with van der Waals surface area (Å²) in [6.07, 6.45) is 2.60. The van der Waals surface area contributed by atoms with E-state index >= 15 is 0 Å². The summed E-state index contributed by atoms with van der Waals surface area (Å²) in [4.78, 5) is 20.2. The van der Waals surface area contributed by atoms with Crippen LogP contribution in [0.25, 0.3) is 10.9 Å². The first-order valence-corrected chi connectivity index (χ1v) is 6.49. The SMILES string of the molecule is O=c1c2ccncc2ncn1C[C@H](O)c1c(F)cccc1F. The largest absolute Gasteiger partial charge is 0.386 e. The van der Waals surface area contributed by atoms with E-state index in [0.717, 1.165) is 16.7 Å². The van der Waals surface area contributed by atoms with E-state index in [1.165, 1.54) is 30.9 Å². The Balaban J connectivity index is 2.00. The lowest BCUT2D eigenvalue weighted by atomic mass is 10.1. The van der Waals surface area contributed by atoms with Crippen molar-refractivity contribution in [1.29, 1.82) is 0 Å². The molecular weight excluding hydrogens is 292 g/mol. The molecule has 112 valence electrons. The van der Waals surface area contributed by atoms with E-state index in [9.17, 15) is 18.7 Å². The van der Waals surface area contributed by atoms with Gasteiger partial charge in [-0.05, 0) is 18.2 Å². The van der Waals surface area contributed by atoms with Gasteiger partial charge in [-0.25, -0.2) is 13.8 Å². The molecule has 1 atom stereocenters. The van der Waals surface area contributed by atoms with Crippen molar-refractivity contribution in [1.82, 2.24) is 14.5 Å². The maximum atomic E-state index is 13.6. The maximum absolute atomic E-state index is 13.6. The average Bonchev–Trinajstić information content (AvgIpc) is 2.50. The van der Waals surface area contributed by atoms with Crippen molar-refractivity contribution >= 4 is 10.9 Å². The molecule has 0 saturated carbocycles. The molecule has 7 heteroatoms. The highest BCUT2D eigenvalue weighted by molar-refractivity contribution is 5.75. The van der Waals surface area contributed by atoms with E-state index in [2.05, 4.69) is 9.97 Å². The quantitative estimate of drug-likeness (QED) is 0.801. The molecule has 0 amide bonds. The fraction of sp³-hybridized carbons (Fsp3) is 0.133. The molecule has 2 heterocycles. The van der Waals surface area contributed by atoms with Gasteiger partial charge in [0.15, 0.2) is 0 Å². The van der Waals surface area contributed by atoms with Gasteiger partial charge < -0.3 is 5.11 Å². The summed E-state index contributed by atoms with van der Waals surface area (Å²) in [5, 5.41) is 10.4. The van der Waals surface area contributed by atoms with E-state index < -0.39 is 28.9 Å². The molecule has 1 aromatic carbocycles. The lowest BCUT2D eigenvalue weighted by Crippen LogP contribution is -2.24. The lowest BCUT2D eigenvalue weighted by molar-refractivity contribution is 0.145. The molecule has 2 aromatic heterocycles. The molecule has 0 saturated heterocycles. The number of aliphatic hydroxyl groups excluding tert-OH is 1. The van der Waals surface area contributed by atoms with Gasteiger partial charge in [-0.1, -0.05) is 6.07 Å². The topological polar surface area (TPSA) is 68.0 Å². The third kappa shape index (κ3) is 2.46. The number of aromatic nitrogens is 3. The van der Waals surface area contributed by atoms with Gasteiger partial charge in [0, 0.05) is 6.20 Å². The van der Waals surface area contributed by atoms with Gasteiger partial charge in [0.05, 0.1) is 35.5 Å². The summed E-state index contributed by atoms with van der Waals surface area (Å²) in [6.45, 7) is -0.304. The van der Waals surface area contributed by atoms with Crippen molar-refractivity contribution in [2.24, 2.45) is 0 Å². The second-order valence-electron chi connectivity index (χ2n) is 4.75. The Bertz CT molecular complexity index is 875. The summed E-state index contributed by atoms with van der Waals surface area (Å²) in [5.74, 6) is -1.73. The van der Waals surface area contributed by atoms with Gasteiger partial charge in [-0.2, -0.15) is 0 Å². The summed E-state index contributed by atoms with van der Waals surface area (Å²) >= 11 is 0. The fourth-order valence-electron chi connectivity index (χ4n) is 2.25. The number of nitrogens with zero attached hydrogens (tertiary/aromatic N) is 3. The van der Waals surface area contributed by atoms with E-state index in [4.69, 9.17) is 0 Å². The zero-order chi connectivity index (χ0) is 15.7. The highest BCUT2D eigenvalue weighted by atomic mass is 19.1.